The van der Waals surface area contributed by atoms with Gasteiger partial charge in [0.1, 0.15) is 0 Å². The zero-order valence-corrected chi connectivity index (χ0v) is 8.49. The van der Waals surface area contributed by atoms with Gasteiger partial charge in [-0.15, -0.1) is 0 Å². The van der Waals surface area contributed by atoms with Gasteiger partial charge in [-0.25, -0.2) is 0 Å². The molecule has 0 aliphatic rings. The van der Waals surface area contributed by atoms with Crippen LogP contribution in [0.5, 0.6) is 0 Å². The molecule has 10 heavy (non-hydrogen) atoms. The van der Waals surface area contributed by atoms with Crippen LogP contribution in [0.4, 0.5) is 0 Å². The van der Waals surface area contributed by atoms with Gasteiger partial charge in [0.2, 0.25) is 5.91 Å². The molecule has 0 heterocycles. The highest BCUT2D eigenvalue weighted by Gasteiger charge is 2.08. The van der Waals surface area contributed by atoms with Gasteiger partial charge in [0.15, 0.2) is 0 Å². The van der Waals surface area contributed by atoms with Gasteiger partial charge >= 0.3 is 0 Å². The van der Waals surface area contributed by atoms with Crippen LogP contribution in [0.1, 0.15) is 6.92 Å². The fourth-order valence-corrected chi connectivity index (χ4v) is 1.41. The number of thiol groups is 1. The van der Waals surface area contributed by atoms with Crippen molar-refractivity contribution in [1.82, 2.24) is 5.32 Å². The molecule has 58 valence electrons. The average Bonchev–Trinajstić information content (AvgIpc) is 1.81. The first-order chi connectivity index (χ1) is 4.57. The van der Waals surface area contributed by atoms with E-state index in [-0.39, 0.29) is 11.9 Å². The van der Waals surface area contributed by atoms with Crippen molar-refractivity contribution in [2.75, 3.05) is 5.75 Å². The van der Waals surface area contributed by atoms with Crippen molar-refractivity contribution in [2.45, 2.75) is 13.0 Å². The van der Waals surface area contributed by atoms with Crippen LogP contribution in [0, 0.1) is 0 Å². The van der Waals surface area contributed by atoms with Crippen molar-refractivity contribution >= 4 is 44.6 Å². The molecule has 0 aromatic heterocycles. The summed E-state index contributed by atoms with van der Waals surface area (Å²) in [6.07, 6.45) is 0. The summed E-state index contributed by atoms with van der Waals surface area (Å²) in [4.78, 5) is 10.5. The van der Waals surface area contributed by atoms with E-state index in [1.54, 1.807) is 0 Å². The molecule has 0 saturated carbocycles. The number of hydrogen-bond donors (Lipinski definition) is 2. The minimum Gasteiger partial charge on any atom is -0.348 e. The quantitative estimate of drug-likeness (QED) is 0.393. The van der Waals surface area contributed by atoms with E-state index in [4.69, 9.17) is 12.2 Å². The van der Waals surface area contributed by atoms with Gasteiger partial charge in [0, 0.05) is 17.3 Å². The van der Waals surface area contributed by atoms with E-state index in [9.17, 15) is 4.79 Å². The Labute approximate surface area is 73.8 Å². The molecule has 0 aliphatic heterocycles. The molecule has 2 nitrogen and oxygen atoms in total. The topological polar surface area (TPSA) is 29.1 Å². The lowest BCUT2D eigenvalue weighted by molar-refractivity contribution is -0.119. The highest BCUT2D eigenvalue weighted by Crippen LogP contribution is 1.99. The standard InChI is InChI=1S/C5H10NOPS2/c1-3(7)6-4(2-9)5(8)10/h4,9H,2,8H2,1H3,(H,6,7). The van der Waals surface area contributed by atoms with E-state index in [1.807, 2.05) is 0 Å². The second-order valence-corrected chi connectivity index (χ2v) is 3.72. The lowest BCUT2D eigenvalue weighted by Crippen LogP contribution is -2.37. The Morgan fingerprint density at radius 2 is 2.40 bits per heavy atom. The summed E-state index contributed by atoms with van der Waals surface area (Å²) in [5, 5.41) is 2.65. The average molecular weight is 195 g/mol. The van der Waals surface area contributed by atoms with Gasteiger partial charge < -0.3 is 5.32 Å². The summed E-state index contributed by atoms with van der Waals surface area (Å²) in [6.45, 7) is 1.46. The fourth-order valence-electron chi connectivity index (χ4n) is 0.452. The molecule has 1 amide bonds. The molecule has 0 bridgehead atoms. The summed E-state index contributed by atoms with van der Waals surface area (Å²) in [6, 6.07) is -0.0965. The van der Waals surface area contributed by atoms with E-state index in [0.717, 1.165) is 0 Å². The molecule has 0 aromatic rings. The van der Waals surface area contributed by atoms with Crippen molar-refractivity contribution in [3.63, 3.8) is 0 Å². The Bertz CT molecular complexity index is 151. The van der Waals surface area contributed by atoms with Crippen molar-refractivity contribution in [3.05, 3.63) is 0 Å². The van der Waals surface area contributed by atoms with E-state index in [0.29, 0.717) is 10.4 Å². The third kappa shape index (κ3) is 4.20. The van der Waals surface area contributed by atoms with Crippen LogP contribution in [0.15, 0.2) is 0 Å². The maximum atomic E-state index is 10.5. The predicted molar refractivity (Wildman–Crippen MR) is 53.8 cm³/mol. The van der Waals surface area contributed by atoms with Gasteiger partial charge in [0.05, 0.1) is 6.04 Å². The molecule has 2 atom stereocenters. The smallest absolute Gasteiger partial charge is 0.217 e. The summed E-state index contributed by atoms with van der Waals surface area (Å²) >= 11 is 8.85. The molecule has 1 N–H and O–H groups in total. The second kappa shape index (κ2) is 5.05. The van der Waals surface area contributed by atoms with Crippen LogP contribution in [-0.2, 0) is 4.79 Å². The number of amides is 1. The van der Waals surface area contributed by atoms with Crippen molar-refractivity contribution in [2.24, 2.45) is 0 Å². The van der Waals surface area contributed by atoms with E-state index in [2.05, 4.69) is 27.2 Å². The lowest BCUT2D eigenvalue weighted by atomic mass is 10.4. The first kappa shape index (κ1) is 10.3. The largest absolute Gasteiger partial charge is 0.348 e. The molecule has 0 aromatic carbocycles. The lowest BCUT2D eigenvalue weighted by Gasteiger charge is -2.12. The van der Waals surface area contributed by atoms with Gasteiger partial charge in [-0.05, 0) is 0 Å². The van der Waals surface area contributed by atoms with Gasteiger partial charge in [-0.3, -0.25) is 4.79 Å². The summed E-state index contributed by atoms with van der Waals surface area (Å²) in [5.74, 6) is 0.464. The third-order valence-electron chi connectivity index (χ3n) is 0.904. The van der Waals surface area contributed by atoms with Crippen molar-refractivity contribution in [1.29, 1.82) is 0 Å². The number of carbonyl (C=O) groups excluding carboxylic acids is 1. The molecule has 0 radical (unpaired) electrons. The van der Waals surface area contributed by atoms with E-state index in [1.165, 1.54) is 6.92 Å². The first-order valence-electron chi connectivity index (χ1n) is 2.75. The molecular formula is C5H10NOPS2. The molecule has 5 heteroatoms. The van der Waals surface area contributed by atoms with Gasteiger partial charge in [-0.2, -0.15) is 12.6 Å². The molecule has 0 spiro atoms. The van der Waals surface area contributed by atoms with Crippen LogP contribution in [0.3, 0.4) is 0 Å². The Morgan fingerprint density at radius 1 is 1.90 bits per heavy atom. The van der Waals surface area contributed by atoms with Crippen LogP contribution in [-0.4, -0.2) is 22.3 Å². The number of nitrogens with one attached hydrogen (secondary N) is 1. The molecule has 0 aliphatic carbocycles. The highest BCUT2D eigenvalue weighted by molar-refractivity contribution is 7.90. The zero-order valence-electron chi connectivity index (χ0n) is 5.63. The number of thiocarbonyl (C=S) groups is 1. The normalized spacial score (nSPS) is 12.3. The Kier molecular flexibility index (Phi) is 5.22. The minimum atomic E-state index is -0.0965. The second-order valence-electron chi connectivity index (χ2n) is 1.84. The Balaban J connectivity index is 3.83. The molecule has 0 saturated heterocycles. The van der Waals surface area contributed by atoms with E-state index < -0.39 is 0 Å². The summed E-state index contributed by atoms with van der Waals surface area (Å²) < 4.78 is 0.685. The van der Waals surface area contributed by atoms with Crippen LogP contribution in [0.25, 0.3) is 0 Å². The number of rotatable bonds is 3. The zero-order chi connectivity index (χ0) is 8.15. The maximum absolute atomic E-state index is 10.5. The van der Waals surface area contributed by atoms with Crippen LogP contribution < -0.4 is 5.32 Å². The molecular weight excluding hydrogens is 185 g/mol. The molecule has 0 rings (SSSR count). The van der Waals surface area contributed by atoms with Crippen molar-refractivity contribution in [3.8, 4) is 0 Å². The highest BCUT2D eigenvalue weighted by atomic mass is 32.1. The number of carbonyl (C=O) groups is 1. The van der Waals surface area contributed by atoms with Gasteiger partial charge in [0.25, 0.3) is 0 Å². The fraction of sp³-hybridized carbons (Fsp3) is 0.600. The van der Waals surface area contributed by atoms with E-state index >= 15 is 0 Å². The maximum Gasteiger partial charge on any atom is 0.217 e. The third-order valence-corrected chi connectivity index (χ3v) is 1.96. The minimum absolute atomic E-state index is 0.0798. The number of hydrogen-bond acceptors (Lipinski definition) is 3. The Hall–Kier alpha value is 0.340. The van der Waals surface area contributed by atoms with Crippen LogP contribution in [0.2, 0.25) is 0 Å². The van der Waals surface area contributed by atoms with Crippen LogP contribution >= 0.6 is 34.1 Å². The Morgan fingerprint density at radius 3 is 2.50 bits per heavy atom. The molecule has 0 fully saturated rings. The molecule has 2 unspecified atom stereocenters. The predicted octanol–water partition coefficient (Wildman–Crippen LogP) is 0.623. The summed E-state index contributed by atoms with van der Waals surface area (Å²) in [7, 11) is 2.38. The summed E-state index contributed by atoms with van der Waals surface area (Å²) in [5.41, 5.74) is 0. The monoisotopic (exact) mass is 195 g/mol. The first-order valence-corrected chi connectivity index (χ1v) is 4.37. The SMILES string of the molecule is CC(=O)NC(CS)C(P)=S. The van der Waals surface area contributed by atoms with Gasteiger partial charge in [-0.1, -0.05) is 21.5 Å². The van der Waals surface area contributed by atoms with Crippen molar-refractivity contribution < 1.29 is 4.79 Å².